The van der Waals surface area contributed by atoms with Gasteiger partial charge >= 0.3 is 0 Å². The molecular formula is C14H15ClN2O2S. The summed E-state index contributed by atoms with van der Waals surface area (Å²) in [5.41, 5.74) is 1.04. The highest BCUT2D eigenvalue weighted by molar-refractivity contribution is 7.09. The van der Waals surface area contributed by atoms with Gasteiger partial charge in [0.25, 0.3) is 0 Å². The molecule has 0 radical (unpaired) electrons. The van der Waals surface area contributed by atoms with Crippen LogP contribution < -0.4 is 14.8 Å². The molecule has 20 heavy (non-hydrogen) atoms. The van der Waals surface area contributed by atoms with Crippen LogP contribution in [0.1, 0.15) is 30.0 Å². The van der Waals surface area contributed by atoms with Crippen LogP contribution in [0.2, 0.25) is 5.02 Å². The van der Waals surface area contributed by atoms with Gasteiger partial charge in [0.05, 0.1) is 11.1 Å². The van der Waals surface area contributed by atoms with Gasteiger partial charge in [-0.05, 0) is 30.7 Å². The lowest BCUT2D eigenvalue weighted by molar-refractivity contribution is 0.174. The predicted octanol–water partition coefficient (Wildman–Crippen LogP) is 3.61. The second-order valence-corrected chi connectivity index (χ2v) is 5.83. The van der Waals surface area contributed by atoms with E-state index >= 15 is 0 Å². The molecule has 1 aliphatic rings. The summed E-state index contributed by atoms with van der Waals surface area (Å²) in [6.07, 6.45) is 2.87. The standard InChI is InChI=1S/C14H15ClN2O2S/c1-2-3-16-12(14-17-4-5-20-14)9-6-10(15)13-11(7-9)18-8-19-13/h4-7,12,16H,2-3,8H2,1H3. The van der Waals surface area contributed by atoms with Crippen molar-refractivity contribution in [3.8, 4) is 11.5 Å². The van der Waals surface area contributed by atoms with Crippen LogP contribution in [-0.2, 0) is 0 Å². The van der Waals surface area contributed by atoms with Gasteiger partial charge in [-0.2, -0.15) is 0 Å². The van der Waals surface area contributed by atoms with Gasteiger partial charge < -0.3 is 14.8 Å². The van der Waals surface area contributed by atoms with Crippen molar-refractivity contribution in [2.75, 3.05) is 13.3 Å². The van der Waals surface area contributed by atoms with Gasteiger partial charge in [-0.3, -0.25) is 0 Å². The van der Waals surface area contributed by atoms with Crippen molar-refractivity contribution in [2.24, 2.45) is 0 Å². The van der Waals surface area contributed by atoms with Crippen molar-refractivity contribution in [1.29, 1.82) is 0 Å². The number of nitrogens with one attached hydrogen (secondary N) is 1. The highest BCUT2D eigenvalue weighted by Crippen LogP contribution is 2.42. The minimum Gasteiger partial charge on any atom is -0.454 e. The maximum absolute atomic E-state index is 6.26. The Labute approximate surface area is 126 Å². The van der Waals surface area contributed by atoms with Gasteiger partial charge in [0.15, 0.2) is 11.5 Å². The Bertz CT molecular complexity index is 589. The molecule has 4 nitrogen and oxygen atoms in total. The molecule has 0 fully saturated rings. The first-order valence-electron chi connectivity index (χ1n) is 6.51. The van der Waals surface area contributed by atoms with Crippen molar-refractivity contribution >= 4 is 22.9 Å². The summed E-state index contributed by atoms with van der Waals surface area (Å²) in [5, 5.41) is 7.08. The fourth-order valence-electron chi connectivity index (χ4n) is 2.17. The van der Waals surface area contributed by atoms with E-state index in [0.29, 0.717) is 16.5 Å². The number of benzene rings is 1. The zero-order valence-corrected chi connectivity index (χ0v) is 12.6. The number of hydrogen-bond acceptors (Lipinski definition) is 5. The third-order valence-electron chi connectivity index (χ3n) is 3.08. The van der Waals surface area contributed by atoms with Crippen molar-refractivity contribution in [3.05, 3.63) is 39.3 Å². The fourth-order valence-corrected chi connectivity index (χ4v) is 3.18. The molecule has 106 valence electrons. The lowest BCUT2D eigenvalue weighted by Gasteiger charge is -2.17. The highest BCUT2D eigenvalue weighted by Gasteiger charge is 2.23. The largest absolute Gasteiger partial charge is 0.454 e. The number of nitrogens with zero attached hydrogens (tertiary/aromatic N) is 1. The lowest BCUT2D eigenvalue weighted by atomic mass is 10.1. The Balaban J connectivity index is 1.97. The summed E-state index contributed by atoms with van der Waals surface area (Å²) in [4.78, 5) is 4.41. The van der Waals surface area contributed by atoms with Crippen LogP contribution in [0.25, 0.3) is 0 Å². The average molecular weight is 311 g/mol. The van der Waals surface area contributed by atoms with Crippen LogP contribution in [0.15, 0.2) is 23.7 Å². The van der Waals surface area contributed by atoms with Crippen LogP contribution in [0.4, 0.5) is 0 Å². The molecule has 3 rings (SSSR count). The maximum Gasteiger partial charge on any atom is 0.231 e. The van der Waals surface area contributed by atoms with Crippen LogP contribution in [-0.4, -0.2) is 18.3 Å². The third-order valence-corrected chi connectivity index (χ3v) is 4.20. The highest BCUT2D eigenvalue weighted by atomic mass is 35.5. The van der Waals surface area contributed by atoms with Crippen LogP contribution in [0, 0.1) is 0 Å². The molecule has 1 N–H and O–H groups in total. The first-order valence-corrected chi connectivity index (χ1v) is 7.77. The van der Waals surface area contributed by atoms with E-state index in [0.717, 1.165) is 23.5 Å². The SMILES string of the molecule is CCCNC(c1cc(Cl)c2c(c1)OCO2)c1nccs1. The first kappa shape index (κ1) is 13.7. The van der Waals surface area contributed by atoms with E-state index in [2.05, 4.69) is 17.2 Å². The average Bonchev–Trinajstić information content (AvgIpc) is 3.09. The molecule has 1 unspecified atom stereocenters. The Morgan fingerprint density at radius 2 is 2.35 bits per heavy atom. The minimum absolute atomic E-state index is 0.0296. The van der Waals surface area contributed by atoms with E-state index in [1.807, 2.05) is 23.7 Å². The molecule has 0 amide bonds. The van der Waals surface area contributed by atoms with E-state index in [1.165, 1.54) is 0 Å². The zero-order chi connectivity index (χ0) is 13.9. The van der Waals surface area contributed by atoms with Gasteiger partial charge in [0.1, 0.15) is 5.01 Å². The first-order chi connectivity index (χ1) is 9.79. The zero-order valence-electron chi connectivity index (χ0n) is 11.1. The van der Waals surface area contributed by atoms with Crippen molar-refractivity contribution in [2.45, 2.75) is 19.4 Å². The molecule has 0 saturated carbocycles. The van der Waals surface area contributed by atoms with Crippen molar-refractivity contribution in [1.82, 2.24) is 10.3 Å². The Hall–Kier alpha value is -1.30. The number of ether oxygens (including phenoxy) is 2. The number of thiazole rings is 1. The molecule has 6 heteroatoms. The lowest BCUT2D eigenvalue weighted by Crippen LogP contribution is -2.23. The molecule has 1 aromatic carbocycles. The smallest absolute Gasteiger partial charge is 0.231 e. The molecule has 1 aliphatic heterocycles. The van der Waals surface area contributed by atoms with Crippen LogP contribution >= 0.6 is 22.9 Å². The molecule has 0 saturated heterocycles. The summed E-state index contributed by atoms with van der Waals surface area (Å²) in [5.74, 6) is 1.33. The molecule has 1 atom stereocenters. The van der Waals surface area contributed by atoms with Gasteiger partial charge in [0, 0.05) is 11.6 Å². The van der Waals surface area contributed by atoms with Gasteiger partial charge in [-0.25, -0.2) is 4.98 Å². The second-order valence-electron chi connectivity index (χ2n) is 4.49. The maximum atomic E-state index is 6.26. The third kappa shape index (κ3) is 2.61. The molecule has 1 aromatic heterocycles. The van der Waals surface area contributed by atoms with E-state index in [4.69, 9.17) is 21.1 Å². The fraction of sp³-hybridized carbons (Fsp3) is 0.357. The van der Waals surface area contributed by atoms with Crippen LogP contribution in [0.5, 0.6) is 11.5 Å². The summed E-state index contributed by atoms with van der Waals surface area (Å²) < 4.78 is 10.8. The van der Waals surface area contributed by atoms with Crippen molar-refractivity contribution < 1.29 is 9.47 Å². The quantitative estimate of drug-likeness (QED) is 0.916. The molecular weight excluding hydrogens is 296 g/mol. The van der Waals surface area contributed by atoms with Gasteiger partial charge in [-0.15, -0.1) is 11.3 Å². The number of fused-ring (bicyclic) bond motifs is 1. The predicted molar refractivity (Wildman–Crippen MR) is 79.8 cm³/mol. The van der Waals surface area contributed by atoms with Crippen LogP contribution in [0.3, 0.4) is 0 Å². The van der Waals surface area contributed by atoms with E-state index in [1.54, 1.807) is 11.3 Å². The Morgan fingerprint density at radius 1 is 1.45 bits per heavy atom. The molecule has 2 heterocycles. The Morgan fingerprint density at radius 3 is 3.10 bits per heavy atom. The second kappa shape index (κ2) is 5.99. The number of halogens is 1. The van der Waals surface area contributed by atoms with Crippen molar-refractivity contribution in [3.63, 3.8) is 0 Å². The molecule has 0 bridgehead atoms. The van der Waals surface area contributed by atoms with Gasteiger partial charge in [-0.1, -0.05) is 18.5 Å². The molecule has 0 aliphatic carbocycles. The summed E-state index contributed by atoms with van der Waals surface area (Å²) in [6.45, 7) is 3.28. The molecule has 2 aromatic rings. The number of aromatic nitrogens is 1. The van der Waals surface area contributed by atoms with E-state index in [9.17, 15) is 0 Å². The van der Waals surface area contributed by atoms with E-state index < -0.39 is 0 Å². The van der Waals surface area contributed by atoms with Gasteiger partial charge in [0.2, 0.25) is 6.79 Å². The topological polar surface area (TPSA) is 43.4 Å². The monoisotopic (exact) mass is 310 g/mol. The Kier molecular flexibility index (Phi) is 4.10. The molecule has 0 spiro atoms. The minimum atomic E-state index is 0.0296. The summed E-state index contributed by atoms with van der Waals surface area (Å²) >= 11 is 7.89. The number of rotatable bonds is 5. The van der Waals surface area contributed by atoms with E-state index in [-0.39, 0.29) is 12.8 Å². The number of hydrogen-bond donors (Lipinski definition) is 1. The normalized spacial score (nSPS) is 14.5. The summed E-state index contributed by atoms with van der Waals surface area (Å²) in [7, 11) is 0. The summed E-state index contributed by atoms with van der Waals surface area (Å²) in [6, 6.07) is 3.93.